The number of anilines is 1. The van der Waals surface area contributed by atoms with Gasteiger partial charge in [-0.3, -0.25) is 4.79 Å². The second-order valence-electron chi connectivity index (χ2n) is 5.07. The van der Waals surface area contributed by atoms with Crippen molar-refractivity contribution >= 4 is 52.4 Å². The monoisotopic (exact) mass is 416 g/mol. The molecule has 1 aromatic heterocycles. The van der Waals surface area contributed by atoms with E-state index in [1.807, 2.05) is 0 Å². The zero-order valence-electron chi connectivity index (χ0n) is 13.9. The predicted molar refractivity (Wildman–Crippen MR) is 100 cm³/mol. The number of hydrogen-bond acceptors (Lipinski definition) is 5. The Morgan fingerprint density at radius 3 is 2.58 bits per heavy atom. The van der Waals surface area contributed by atoms with Gasteiger partial charge in [-0.25, -0.2) is 9.78 Å². The molecule has 0 aliphatic carbocycles. The number of ether oxygens (including phenoxy) is 2. The van der Waals surface area contributed by atoms with E-state index in [4.69, 9.17) is 44.3 Å². The van der Waals surface area contributed by atoms with Gasteiger partial charge in [0.25, 0.3) is 5.91 Å². The second-order valence-corrected chi connectivity index (χ2v) is 6.29. The Bertz CT molecular complexity index is 830. The molecule has 0 saturated heterocycles. The molecular formula is C17H15Cl3N2O4. The maximum absolute atomic E-state index is 12.3. The van der Waals surface area contributed by atoms with E-state index in [9.17, 15) is 9.59 Å². The largest absolute Gasteiger partial charge is 0.477 e. The number of nitrogens with one attached hydrogen (secondary N) is 1. The topological polar surface area (TPSA) is 77.5 Å². The van der Waals surface area contributed by atoms with Crippen LogP contribution in [0, 0.1) is 0 Å². The highest BCUT2D eigenvalue weighted by atomic mass is 35.5. The predicted octanol–water partition coefficient (Wildman–Crippen LogP) is 4.62. The van der Waals surface area contributed by atoms with Crippen LogP contribution in [0.25, 0.3) is 0 Å². The maximum atomic E-state index is 12.3. The summed E-state index contributed by atoms with van der Waals surface area (Å²) in [4.78, 5) is 28.5. The first kappa shape index (κ1) is 20.3. The van der Waals surface area contributed by atoms with Gasteiger partial charge in [-0.15, -0.1) is 0 Å². The van der Waals surface area contributed by atoms with Crippen molar-refractivity contribution in [1.82, 2.24) is 4.98 Å². The van der Waals surface area contributed by atoms with Crippen LogP contribution in [0.4, 0.5) is 5.69 Å². The van der Waals surface area contributed by atoms with Gasteiger partial charge in [0, 0.05) is 6.20 Å². The second kappa shape index (κ2) is 9.07. The summed E-state index contributed by atoms with van der Waals surface area (Å²) in [6.45, 7) is 3.53. The summed E-state index contributed by atoms with van der Waals surface area (Å²) in [6, 6.07) is 5.88. The Hall–Kier alpha value is -2.02. The van der Waals surface area contributed by atoms with Gasteiger partial charge >= 0.3 is 5.97 Å². The van der Waals surface area contributed by atoms with E-state index in [-0.39, 0.29) is 32.2 Å². The molecule has 1 unspecified atom stereocenters. The molecule has 0 saturated carbocycles. The quantitative estimate of drug-likeness (QED) is 0.548. The molecule has 0 aliphatic rings. The van der Waals surface area contributed by atoms with E-state index in [1.54, 1.807) is 13.0 Å². The molecule has 0 bridgehead atoms. The van der Waals surface area contributed by atoms with Crippen LogP contribution in [0.3, 0.4) is 0 Å². The third-order valence-corrected chi connectivity index (χ3v) is 4.23. The highest BCUT2D eigenvalue weighted by molar-refractivity contribution is 6.44. The van der Waals surface area contributed by atoms with Crippen LogP contribution in [-0.4, -0.2) is 29.6 Å². The number of rotatable bonds is 6. The van der Waals surface area contributed by atoms with Gasteiger partial charge in [0.2, 0.25) is 5.88 Å². The van der Waals surface area contributed by atoms with Crippen molar-refractivity contribution in [2.24, 2.45) is 0 Å². The maximum Gasteiger partial charge on any atom is 0.344 e. The summed E-state index contributed by atoms with van der Waals surface area (Å²) in [6.07, 6.45) is 0.396. The van der Waals surface area contributed by atoms with Crippen LogP contribution < -0.4 is 10.1 Å². The van der Waals surface area contributed by atoms with Crippen LogP contribution in [0.2, 0.25) is 15.1 Å². The SMILES string of the molecule is CCOc1ncccc1C(=O)OC(C)C(=O)Nc1cc(Cl)c(Cl)cc1Cl. The fraction of sp³-hybridized carbons (Fsp3) is 0.235. The van der Waals surface area contributed by atoms with E-state index >= 15 is 0 Å². The fourth-order valence-corrected chi connectivity index (χ4v) is 2.52. The molecule has 26 heavy (non-hydrogen) atoms. The summed E-state index contributed by atoms with van der Waals surface area (Å²) >= 11 is 17.8. The van der Waals surface area contributed by atoms with Crippen LogP contribution in [0.5, 0.6) is 5.88 Å². The van der Waals surface area contributed by atoms with Crippen molar-refractivity contribution in [2.75, 3.05) is 11.9 Å². The van der Waals surface area contributed by atoms with Gasteiger partial charge in [-0.1, -0.05) is 34.8 Å². The van der Waals surface area contributed by atoms with Crippen molar-refractivity contribution in [3.05, 3.63) is 51.1 Å². The number of nitrogens with zero attached hydrogens (tertiary/aromatic N) is 1. The van der Waals surface area contributed by atoms with Crippen LogP contribution in [-0.2, 0) is 9.53 Å². The van der Waals surface area contributed by atoms with E-state index in [0.29, 0.717) is 6.61 Å². The van der Waals surface area contributed by atoms with Crippen LogP contribution in [0.1, 0.15) is 24.2 Å². The van der Waals surface area contributed by atoms with Crippen LogP contribution >= 0.6 is 34.8 Å². The molecule has 0 spiro atoms. The van der Waals surface area contributed by atoms with Crippen molar-refractivity contribution in [2.45, 2.75) is 20.0 Å². The lowest BCUT2D eigenvalue weighted by Gasteiger charge is -2.15. The van der Waals surface area contributed by atoms with Gasteiger partial charge in [0.05, 0.1) is 27.4 Å². The Morgan fingerprint density at radius 1 is 1.19 bits per heavy atom. The third-order valence-electron chi connectivity index (χ3n) is 3.19. The summed E-state index contributed by atoms with van der Waals surface area (Å²) < 4.78 is 10.5. The molecule has 1 aromatic carbocycles. The molecule has 138 valence electrons. The lowest BCUT2D eigenvalue weighted by atomic mass is 10.2. The van der Waals surface area contributed by atoms with Crippen molar-refractivity contribution in [3.8, 4) is 5.88 Å². The minimum Gasteiger partial charge on any atom is -0.477 e. The van der Waals surface area contributed by atoms with E-state index in [1.165, 1.54) is 31.3 Å². The number of halogens is 3. The molecule has 0 aliphatic heterocycles. The first-order chi connectivity index (χ1) is 12.3. The minimum atomic E-state index is -1.09. The molecule has 1 heterocycles. The average molecular weight is 418 g/mol. The van der Waals surface area contributed by atoms with E-state index in [0.717, 1.165) is 0 Å². The van der Waals surface area contributed by atoms with Gasteiger partial charge in [0.15, 0.2) is 6.10 Å². The van der Waals surface area contributed by atoms with Crippen molar-refractivity contribution in [1.29, 1.82) is 0 Å². The minimum absolute atomic E-state index is 0.126. The molecule has 0 radical (unpaired) electrons. The molecule has 1 atom stereocenters. The molecule has 2 rings (SSSR count). The summed E-state index contributed by atoms with van der Waals surface area (Å²) in [5.74, 6) is -1.18. The summed E-state index contributed by atoms with van der Waals surface area (Å²) in [7, 11) is 0. The van der Waals surface area contributed by atoms with Crippen molar-refractivity contribution < 1.29 is 19.1 Å². The lowest BCUT2D eigenvalue weighted by molar-refractivity contribution is -0.123. The number of carbonyl (C=O) groups is 2. The number of carbonyl (C=O) groups excluding carboxylic acids is 2. The average Bonchev–Trinajstić information content (AvgIpc) is 2.60. The van der Waals surface area contributed by atoms with E-state index in [2.05, 4.69) is 10.3 Å². The lowest BCUT2D eigenvalue weighted by Crippen LogP contribution is -2.30. The zero-order valence-corrected chi connectivity index (χ0v) is 16.2. The highest BCUT2D eigenvalue weighted by Crippen LogP contribution is 2.32. The standard InChI is InChI=1S/C17H15Cl3N2O4/c1-3-25-16-10(5-4-6-21-16)17(24)26-9(2)15(23)22-14-8-12(19)11(18)7-13(14)20/h4-9H,3H2,1-2H3,(H,22,23). The van der Waals surface area contributed by atoms with Gasteiger partial charge in [-0.05, 0) is 38.1 Å². The number of amides is 1. The first-order valence-corrected chi connectivity index (χ1v) is 8.71. The molecule has 6 nitrogen and oxygen atoms in total. The molecule has 2 aromatic rings. The summed E-state index contributed by atoms with van der Waals surface area (Å²) in [5, 5.41) is 3.23. The number of benzene rings is 1. The zero-order chi connectivity index (χ0) is 19.3. The number of pyridine rings is 1. The Labute approximate surface area is 165 Å². The fourth-order valence-electron chi connectivity index (χ4n) is 1.93. The molecule has 1 amide bonds. The van der Waals surface area contributed by atoms with Crippen molar-refractivity contribution in [3.63, 3.8) is 0 Å². The number of aromatic nitrogens is 1. The Kier molecular flexibility index (Phi) is 7.08. The normalized spacial score (nSPS) is 11.6. The Balaban J connectivity index is 2.08. The number of hydrogen-bond donors (Lipinski definition) is 1. The number of esters is 1. The van der Waals surface area contributed by atoms with Gasteiger partial charge < -0.3 is 14.8 Å². The Morgan fingerprint density at radius 2 is 1.88 bits per heavy atom. The highest BCUT2D eigenvalue weighted by Gasteiger charge is 2.23. The van der Waals surface area contributed by atoms with Gasteiger partial charge in [0.1, 0.15) is 5.56 Å². The third kappa shape index (κ3) is 5.00. The van der Waals surface area contributed by atoms with Crippen LogP contribution in [0.15, 0.2) is 30.5 Å². The molecule has 9 heteroatoms. The summed E-state index contributed by atoms with van der Waals surface area (Å²) in [5.41, 5.74) is 0.381. The van der Waals surface area contributed by atoms with E-state index < -0.39 is 18.0 Å². The smallest absolute Gasteiger partial charge is 0.344 e. The molecular weight excluding hydrogens is 403 g/mol. The molecule has 0 fully saturated rings. The molecule has 1 N–H and O–H groups in total. The first-order valence-electron chi connectivity index (χ1n) is 7.57. The van der Waals surface area contributed by atoms with Gasteiger partial charge in [-0.2, -0.15) is 0 Å².